The van der Waals surface area contributed by atoms with Gasteiger partial charge in [0.1, 0.15) is 5.82 Å². The van der Waals surface area contributed by atoms with Gasteiger partial charge < -0.3 is 0 Å². The van der Waals surface area contributed by atoms with Gasteiger partial charge in [-0.05, 0) is 90.4 Å². The van der Waals surface area contributed by atoms with Gasteiger partial charge in [-0.2, -0.15) is 0 Å². The largest absolute Gasteiger partial charge is 0.292 e. The summed E-state index contributed by atoms with van der Waals surface area (Å²) in [7, 11) is 0. The van der Waals surface area contributed by atoms with Crippen LogP contribution in [-0.4, -0.2) is 9.55 Å². The van der Waals surface area contributed by atoms with Crippen LogP contribution in [0.5, 0.6) is 0 Å². The van der Waals surface area contributed by atoms with E-state index in [0.29, 0.717) is 5.56 Å². The first-order chi connectivity index (χ1) is 18.3. The number of rotatable bonds is 5. The summed E-state index contributed by atoms with van der Waals surface area (Å²) in [5.41, 5.74) is 9.75. The SMILES string of the molecule is [2H]C([2H])(c1ccc2scc(-c3nc4ccccc4n3-c3cc(C)c(-c4ccccc4)c(C)c3)c2c1)C(C)C. The molecule has 0 spiro atoms. The maximum Gasteiger partial charge on any atom is 0.147 e. The fraction of sp³-hybridized carbons (Fsp3) is 0.182. The number of thiophene rings is 1. The Morgan fingerprint density at radius 2 is 1.61 bits per heavy atom. The second-order valence-corrected chi connectivity index (χ2v) is 10.7. The van der Waals surface area contributed by atoms with E-state index in [1.54, 1.807) is 11.3 Å². The number of hydrogen-bond donors (Lipinski definition) is 0. The van der Waals surface area contributed by atoms with Gasteiger partial charge in [0.25, 0.3) is 0 Å². The van der Waals surface area contributed by atoms with Crippen molar-refractivity contribution >= 4 is 32.5 Å². The number of hydrogen-bond acceptors (Lipinski definition) is 2. The highest BCUT2D eigenvalue weighted by Gasteiger charge is 2.19. The Bertz CT molecular complexity index is 1770. The Morgan fingerprint density at radius 3 is 2.36 bits per heavy atom. The van der Waals surface area contributed by atoms with Gasteiger partial charge in [0.2, 0.25) is 0 Å². The summed E-state index contributed by atoms with van der Waals surface area (Å²) in [5.74, 6) is 0.756. The molecule has 2 aromatic heterocycles. The fourth-order valence-corrected chi connectivity index (χ4v) is 6.14. The van der Waals surface area contributed by atoms with Gasteiger partial charge in [0.15, 0.2) is 0 Å². The standard InChI is InChI=1S/C33H30N2S/c1-21(2)16-24-14-15-31-27(19-24)28(20-36-31)33-34-29-12-8-9-13-30(29)35(33)26-17-22(3)32(23(4)18-26)25-10-6-5-7-11-25/h5-15,17-21H,16H2,1-4H3/i16D2. The van der Waals surface area contributed by atoms with Crippen LogP contribution in [0.1, 0.15) is 33.3 Å². The molecule has 0 amide bonds. The lowest BCUT2D eigenvalue weighted by atomic mass is 9.95. The number of nitrogens with zero attached hydrogens (tertiary/aromatic N) is 2. The number of para-hydroxylation sites is 2. The molecule has 0 unspecified atom stereocenters. The van der Waals surface area contributed by atoms with E-state index in [1.807, 2.05) is 32.0 Å². The van der Waals surface area contributed by atoms with Crippen LogP contribution in [-0.2, 0) is 6.37 Å². The highest BCUT2D eigenvalue weighted by molar-refractivity contribution is 7.17. The third kappa shape index (κ3) is 3.94. The maximum atomic E-state index is 8.68. The summed E-state index contributed by atoms with van der Waals surface area (Å²) >= 11 is 1.68. The van der Waals surface area contributed by atoms with Gasteiger partial charge in [0, 0.05) is 29.5 Å². The number of aromatic nitrogens is 2. The molecule has 178 valence electrons. The van der Waals surface area contributed by atoms with Crippen molar-refractivity contribution in [1.29, 1.82) is 0 Å². The summed E-state index contributed by atoms with van der Waals surface area (Å²) in [4.78, 5) is 5.12. The maximum absolute atomic E-state index is 8.68. The van der Waals surface area contributed by atoms with Crippen LogP contribution < -0.4 is 0 Å². The zero-order valence-electron chi connectivity index (χ0n) is 23.0. The van der Waals surface area contributed by atoms with E-state index in [9.17, 15) is 0 Å². The van der Waals surface area contributed by atoms with Crippen molar-refractivity contribution in [3.8, 4) is 28.2 Å². The van der Waals surface area contributed by atoms with Crippen molar-refractivity contribution in [2.75, 3.05) is 0 Å². The molecule has 2 heterocycles. The van der Waals surface area contributed by atoms with E-state index in [-0.39, 0.29) is 5.92 Å². The lowest BCUT2D eigenvalue weighted by molar-refractivity contribution is 0.648. The van der Waals surface area contributed by atoms with Gasteiger partial charge in [0.05, 0.1) is 11.0 Å². The van der Waals surface area contributed by atoms with Gasteiger partial charge in [-0.1, -0.05) is 62.4 Å². The molecule has 2 nitrogen and oxygen atoms in total. The zero-order chi connectivity index (χ0) is 26.6. The van der Waals surface area contributed by atoms with E-state index in [1.165, 1.54) is 22.3 Å². The molecular weight excluding hydrogens is 456 g/mol. The molecule has 0 bridgehead atoms. The van der Waals surface area contributed by atoms with Crippen LogP contribution in [0.15, 0.2) is 90.3 Å². The predicted molar refractivity (Wildman–Crippen MR) is 155 cm³/mol. The predicted octanol–water partition coefficient (Wildman–Crippen LogP) is 9.39. The molecule has 36 heavy (non-hydrogen) atoms. The number of benzene rings is 4. The Hall–Kier alpha value is -3.69. The second kappa shape index (κ2) is 9.07. The Labute approximate surface area is 219 Å². The average molecular weight is 489 g/mol. The lowest BCUT2D eigenvalue weighted by Gasteiger charge is -2.16. The number of aryl methyl sites for hydroxylation is 2. The van der Waals surface area contributed by atoms with Crippen LogP contribution in [0.3, 0.4) is 0 Å². The smallest absolute Gasteiger partial charge is 0.147 e. The molecule has 0 fully saturated rings. The minimum atomic E-state index is -1.41. The first kappa shape index (κ1) is 20.5. The molecule has 0 atom stereocenters. The van der Waals surface area contributed by atoms with Gasteiger partial charge >= 0.3 is 0 Å². The van der Waals surface area contributed by atoms with E-state index in [0.717, 1.165) is 38.2 Å². The number of imidazole rings is 1. The van der Waals surface area contributed by atoms with Crippen molar-refractivity contribution in [3.63, 3.8) is 0 Å². The van der Waals surface area contributed by atoms with Crippen molar-refractivity contribution in [1.82, 2.24) is 9.55 Å². The van der Waals surface area contributed by atoms with Crippen molar-refractivity contribution in [2.45, 2.75) is 34.1 Å². The van der Waals surface area contributed by atoms with Crippen LogP contribution in [0.2, 0.25) is 0 Å². The molecule has 6 rings (SSSR count). The third-order valence-corrected chi connectivity index (χ3v) is 7.63. The van der Waals surface area contributed by atoms with Crippen LogP contribution >= 0.6 is 11.3 Å². The van der Waals surface area contributed by atoms with E-state index >= 15 is 0 Å². The molecule has 0 radical (unpaired) electrons. The highest BCUT2D eigenvalue weighted by Crippen LogP contribution is 2.39. The van der Waals surface area contributed by atoms with Crippen LogP contribution in [0.25, 0.3) is 49.3 Å². The topological polar surface area (TPSA) is 17.8 Å². The quantitative estimate of drug-likeness (QED) is 0.236. The number of fused-ring (bicyclic) bond motifs is 2. The Morgan fingerprint density at radius 1 is 0.889 bits per heavy atom. The van der Waals surface area contributed by atoms with E-state index < -0.39 is 6.37 Å². The molecule has 3 heteroatoms. The lowest BCUT2D eigenvalue weighted by Crippen LogP contribution is -2.00. The normalized spacial score (nSPS) is 12.9. The molecule has 0 saturated carbocycles. The monoisotopic (exact) mass is 488 g/mol. The van der Waals surface area contributed by atoms with E-state index in [4.69, 9.17) is 7.73 Å². The second-order valence-electron chi connectivity index (χ2n) is 9.74. The average Bonchev–Trinajstić information content (AvgIpc) is 3.49. The minimum Gasteiger partial charge on any atom is -0.292 e. The van der Waals surface area contributed by atoms with Crippen molar-refractivity contribution < 1.29 is 2.74 Å². The third-order valence-electron chi connectivity index (χ3n) is 6.67. The minimum absolute atomic E-state index is 0.124. The molecule has 4 aromatic carbocycles. The molecule has 0 saturated heterocycles. The van der Waals surface area contributed by atoms with Crippen LogP contribution in [0, 0.1) is 19.8 Å². The van der Waals surface area contributed by atoms with Crippen molar-refractivity contribution in [3.05, 3.63) is 107 Å². The zero-order valence-corrected chi connectivity index (χ0v) is 21.9. The van der Waals surface area contributed by atoms with Gasteiger partial charge in [-0.3, -0.25) is 4.57 Å². The summed E-state index contributed by atoms with van der Waals surface area (Å²) in [6.07, 6.45) is -1.41. The highest BCUT2D eigenvalue weighted by atomic mass is 32.1. The fourth-order valence-electron chi connectivity index (χ4n) is 5.22. The molecule has 6 aromatic rings. The Balaban J connectivity index is 1.59. The molecule has 0 aliphatic heterocycles. The molecular formula is C33H30N2S. The molecule has 0 N–H and O–H groups in total. The molecule has 0 aliphatic carbocycles. The van der Waals surface area contributed by atoms with Crippen molar-refractivity contribution in [2.24, 2.45) is 5.92 Å². The van der Waals surface area contributed by atoms with E-state index in [2.05, 4.69) is 90.5 Å². The molecule has 0 aliphatic rings. The van der Waals surface area contributed by atoms with Gasteiger partial charge in [-0.15, -0.1) is 11.3 Å². The van der Waals surface area contributed by atoms with Gasteiger partial charge in [-0.25, -0.2) is 4.98 Å². The first-order valence-corrected chi connectivity index (χ1v) is 13.3. The van der Waals surface area contributed by atoms with Crippen LogP contribution in [0.4, 0.5) is 0 Å². The summed E-state index contributed by atoms with van der Waals surface area (Å²) in [6, 6.07) is 29.3. The summed E-state index contributed by atoms with van der Waals surface area (Å²) in [6.45, 7) is 8.22. The summed E-state index contributed by atoms with van der Waals surface area (Å²) < 4.78 is 20.7. The first-order valence-electron chi connectivity index (χ1n) is 13.4. The Kier molecular flexibility index (Phi) is 5.17. The summed E-state index contributed by atoms with van der Waals surface area (Å²) in [5, 5.41) is 3.21.